The Balaban J connectivity index is 2.85. The zero-order chi connectivity index (χ0) is 12.7. The van der Waals surface area contributed by atoms with Crippen LogP contribution >= 0.6 is 23.2 Å². The molecule has 1 nitrogen and oxygen atoms in total. The van der Waals surface area contributed by atoms with Gasteiger partial charge in [-0.05, 0) is 37.6 Å². The average Bonchev–Trinajstić information content (AvgIpc) is 2.33. The van der Waals surface area contributed by atoms with Gasteiger partial charge in [0.2, 0.25) is 0 Å². The molecule has 1 aromatic rings. The summed E-state index contributed by atoms with van der Waals surface area (Å²) in [6, 6.07) is 5.96. The maximum absolute atomic E-state index is 6.03. The number of nitrogens with one attached hydrogen (secondary N) is 1. The average molecular weight is 270 g/mol. The molecule has 0 aliphatic heterocycles. The molecule has 1 N–H and O–H groups in total. The van der Waals surface area contributed by atoms with Crippen molar-refractivity contribution in [2.75, 3.05) is 6.54 Å². The largest absolute Gasteiger partial charge is 0.309 e. The number of hydrogen-bond donors (Lipinski definition) is 1. The van der Waals surface area contributed by atoms with Gasteiger partial charge in [-0.15, -0.1) is 11.8 Å². The molecule has 0 heterocycles. The first kappa shape index (κ1) is 14.4. The predicted octanol–water partition coefficient (Wildman–Crippen LogP) is 4.45. The van der Waals surface area contributed by atoms with Crippen molar-refractivity contribution in [2.45, 2.75) is 32.7 Å². The van der Waals surface area contributed by atoms with Crippen LogP contribution in [0.2, 0.25) is 10.0 Å². The molecule has 1 aromatic carbocycles. The lowest BCUT2D eigenvalue weighted by Gasteiger charge is -2.17. The van der Waals surface area contributed by atoms with Gasteiger partial charge in [-0.3, -0.25) is 0 Å². The summed E-state index contributed by atoms with van der Waals surface area (Å²) in [5.74, 6) is 6.02. The maximum Gasteiger partial charge on any atom is 0.0595 e. The number of hydrogen-bond acceptors (Lipinski definition) is 1. The quantitative estimate of drug-likeness (QED) is 0.779. The Bertz CT molecular complexity index is 418. The molecular weight excluding hydrogens is 253 g/mol. The second-order valence-electron chi connectivity index (χ2n) is 3.81. The monoisotopic (exact) mass is 269 g/mol. The minimum Gasteiger partial charge on any atom is -0.309 e. The molecule has 17 heavy (non-hydrogen) atoms. The van der Waals surface area contributed by atoms with E-state index >= 15 is 0 Å². The summed E-state index contributed by atoms with van der Waals surface area (Å²) < 4.78 is 0. The molecule has 0 amide bonds. The molecule has 1 rings (SSSR count). The highest BCUT2D eigenvalue weighted by molar-refractivity contribution is 6.42. The number of halogens is 2. The molecule has 0 aliphatic rings. The van der Waals surface area contributed by atoms with Crippen LogP contribution in [0, 0.1) is 11.8 Å². The van der Waals surface area contributed by atoms with Crippen molar-refractivity contribution in [3.05, 3.63) is 33.8 Å². The SMILES string of the molecule is CC#CCC(NCCC)c1ccc(Cl)c(Cl)c1. The van der Waals surface area contributed by atoms with Crippen LogP contribution in [-0.2, 0) is 0 Å². The van der Waals surface area contributed by atoms with Crippen LogP contribution in [0.1, 0.15) is 38.3 Å². The molecule has 0 aliphatic carbocycles. The molecule has 0 bridgehead atoms. The molecule has 1 atom stereocenters. The minimum atomic E-state index is 0.220. The van der Waals surface area contributed by atoms with E-state index in [1.807, 2.05) is 25.1 Å². The fourth-order valence-electron chi connectivity index (χ4n) is 1.56. The topological polar surface area (TPSA) is 12.0 Å². The van der Waals surface area contributed by atoms with E-state index in [0.717, 1.165) is 24.9 Å². The van der Waals surface area contributed by atoms with E-state index in [1.54, 1.807) is 0 Å². The molecule has 0 fully saturated rings. The summed E-state index contributed by atoms with van der Waals surface area (Å²) in [6.07, 6.45) is 1.88. The molecule has 0 radical (unpaired) electrons. The zero-order valence-electron chi connectivity index (χ0n) is 10.2. The molecule has 1 unspecified atom stereocenters. The zero-order valence-corrected chi connectivity index (χ0v) is 11.7. The predicted molar refractivity (Wildman–Crippen MR) is 75.6 cm³/mol. The second-order valence-corrected chi connectivity index (χ2v) is 4.63. The Kier molecular flexibility index (Phi) is 6.44. The Morgan fingerprint density at radius 3 is 2.65 bits per heavy atom. The van der Waals surface area contributed by atoms with Crippen LogP contribution < -0.4 is 5.32 Å². The van der Waals surface area contributed by atoms with Crippen LogP contribution in [0.3, 0.4) is 0 Å². The van der Waals surface area contributed by atoms with Crippen molar-refractivity contribution in [1.29, 1.82) is 0 Å². The highest BCUT2D eigenvalue weighted by atomic mass is 35.5. The molecule has 3 heteroatoms. The van der Waals surface area contributed by atoms with E-state index in [2.05, 4.69) is 24.1 Å². The molecule has 0 aromatic heterocycles. The van der Waals surface area contributed by atoms with Crippen molar-refractivity contribution in [2.24, 2.45) is 0 Å². The van der Waals surface area contributed by atoms with Gasteiger partial charge < -0.3 is 5.32 Å². The van der Waals surface area contributed by atoms with Gasteiger partial charge in [-0.25, -0.2) is 0 Å². The van der Waals surface area contributed by atoms with Crippen molar-refractivity contribution in [1.82, 2.24) is 5.32 Å². The van der Waals surface area contributed by atoms with Crippen molar-refractivity contribution in [3.8, 4) is 11.8 Å². The minimum absolute atomic E-state index is 0.220. The van der Waals surface area contributed by atoms with Gasteiger partial charge in [0.05, 0.1) is 10.0 Å². The third-order valence-electron chi connectivity index (χ3n) is 2.47. The Morgan fingerprint density at radius 1 is 1.29 bits per heavy atom. The van der Waals surface area contributed by atoms with E-state index in [9.17, 15) is 0 Å². The van der Waals surface area contributed by atoms with Gasteiger partial charge in [0.1, 0.15) is 0 Å². The van der Waals surface area contributed by atoms with Crippen molar-refractivity contribution >= 4 is 23.2 Å². The summed E-state index contributed by atoms with van der Waals surface area (Å²) in [5.41, 5.74) is 1.13. The Labute approximate surface area is 114 Å². The summed E-state index contributed by atoms with van der Waals surface area (Å²) in [7, 11) is 0. The smallest absolute Gasteiger partial charge is 0.0595 e. The standard InChI is InChI=1S/C14H17Cl2N/c1-3-5-6-14(17-9-4-2)11-7-8-12(15)13(16)10-11/h7-8,10,14,17H,4,6,9H2,1-2H3. The third-order valence-corrected chi connectivity index (χ3v) is 3.21. The van der Waals surface area contributed by atoms with Crippen LogP contribution in [0.5, 0.6) is 0 Å². The van der Waals surface area contributed by atoms with Gasteiger partial charge in [0, 0.05) is 12.5 Å². The van der Waals surface area contributed by atoms with Gasteiger partial charge in [0.15, 0.2) is 0 Å². The molecule has 0 saturated carbocycles. The summed E-state index contributed by atoms with van der Waals surface area (Å²) in [6.45, 7) is 4.96. The van der Waals surface area contributed by atoms with Crippen LogP contribution in [0.15, 0.2) is 18.2 Å². The fraction of sp³-hybridized carbons (Fsp3) is 0.429. The van der Waals surface area contributed by atoms with Crippen LogP contribution in [0.4, 0.5) is 0 Å². The van der Waals surface area contributed by atoms with Crippen LogP contribution in [0.25, 0.3) is 0 Å². The molecule has 92 valence electrons. The lowest BCUT2D eigenvalue weighted by Crippen LogP contribution is -2.21. The Hall–Kier alpha value is -0.680. The highest BCUT2D eigenvalue weighted by Crippen LogP contribution is 2.26. The van der Waals surface area contributed by atoms with Gasteiger partial charge in [-0.2, -0.15) is 0 Å². The first-order chi connectivity index (χ1) is 8.19. The molecular formula is C14H17Cl2N. The van der Waals surface area contributed by atoms with E-state index < -0.39 is 0 Å². The first-order valence-corrected chi connectivity index (χ1v) is 6.52. The van der Waals surface area contributed by atoms with Gasteiger partial charge in [-0.1, -0.05) is 36.2 Å². The van der Waals surface area contributed by atoms with Gasteiger partial charge in [0.25, 0.3) is 0 Å². The Morgan fingerprint density at radius 2 is 2.06 bits per heavy atom. The summed E-state index contributed by atoms with van der Waals surface area (Å²) in [5, 5.41) is 4.65. The summed E-state index contributed by atoms with van der Waals surface area (Å²) in [4.78, 5) is 0. The normalized spacial score (nSPS) is 11.8. The van der Waals surface area contributed by atoms with Crippen molar-refractivity contribution in [3.63, 3.8) is 0 Å². The third kappa shape index (κ3) is 4.60. The fourth-order valence-corrected chi connectivity index (χ4v) is 1.87. The lowest BCUT2D eigenvalue weighted by molar-refractivity contribution is 0.542. The van der Waals surface area contributed by atoms with E-state index in [-0.39, 0.29) is 6.04 Å². The number of benzene rings is 1. The maximum atomic E-state index is 6.03. The highest BCUT2D eigenvalue weighted by Gasteiger charge is 2.10. The van der Waals surface area contributed by atoms with E-state index in [4.69, 9.17) is 23.2 Å². The summed E-state index contributed by atoms with van der Waals surface area (Å²) >= 11 is 11.9. The molecule has 0 saturated heterocycles. The van der Waals surface area contributed by atoms with Crippen molar-refractivity contribution < 1.29 is 0 Å². The van der Waals surface area contributed by atoms with Crippen LogP contribution in [-0.4, -0.2) is 6.54 Å². The van der Waals surface area contributed by atoms with Gasteiger partial charge >= 0.3 is 0 Å². The number of rotatable bonds is 5. The van der Waals surface area contributed by atoms with E-state index in [1.165, 1.54) is 0 Å². The van der Waals surface area contributed by atoms with E-state index in [0.29, 0.717) is 10.0 Å². The lowest BCUT2D eigenvalue weighted by atomic mass is 10.0. The first-order valence-electron chi connectivity index (χ1n) is 5.77. The molecule has 0 spiro atoms. The second kappa shape index (κ2) is 7.61.